The number of fused-ring (bicyclic) bond motifs is 1. The highest BCUT2D eigenvalue weighted by Crippen LogP contribution is 2.35. The summed E-state index contributed by atoms with van der Waals surface area (Å²) in [6.07, 6.45) is 0. The summed E-state index contributed by atoms with van der Waals surface area (Å²) < 4.78 is 25.7. The largest absolute Gasteiger partial charge is 0.241 e. The van der Waals surface area contributed by atoms with Crippen LogP contribution < -0.4 is 4.72 Å². The molecule has 6 heteroatoms. The molecule has 0 heterocycles. The Morgan fingerprint density at radius 2 is 1.71 bits per heavy atom. The predicted molar refractivity (Wildman–Crippen MR) is 70.2 cm³/mol. The second-order valence-electron chi connectivity index (χ2n) is 3.42. The minimum atomic E-state index is -3.61. The van der Waals surface area contributed by atoms with Gasteiger partial charge in [0.1, 0.15) is 4.90 Å². The Kier molecular flexibility index (Phi) is 3.32. The molecule has 0 saturated heterocycles. The van der Waals surface area contributed by atoms with Gasteiger partial charge in [-0.1, -0.05) is 47.5 Å². The van der Waals surface area contributed by atoms with E-state index in [-0.39, 0.29) is 9.92 Å². The zero-order valence-corrected chi connectivity index (χ0v) is 11.2. The van der Waals surface area contributed by atoms with Crippen molar-refractivity contribution < 1.29 is 8.42 Å². The zero-order chi connectivity index (χ0) is 12.6. The van der Waals surface area contributed by atoms with Gasteiger partial charge in [-0.15, -0.1) is 0 Å². The lowest BCUT2D eigenvalue weighted by molar-refractivity contribution is 0.588. The summed E-state index contributed by atoms with van der Waals surface area (Å²) in [5, 5.41) is 1.89. The molecule has 0 fully saturated rings. The number of benzene rings is 2. The quantitative estimate of drug-likeness (QED) is 0.924. The Hall–Kier alpha value is -0.810. The summed E-state index contributed by atoms with van der Waals surface area (Å²) in [7, 11) is -2.28. The molecule has 90 valence electrons. The number of rotatable bonds is 2. The maximum Gasteiger partial charge on any atom is 0.241 e. The third kappa shape index (κ3) is 2.13. The monoisotopic (exact) mass is 289 g/mol. The fraction of sp³-hybridized carbons (Fsp3) is 0.0909. The van der Waals surface area contributed by atoms with E-state index < -0.39 is 10.0 Å². The second-order valence-corrected chi connectivity index (χ2v) is 6.06. The molecular formula is C11H9Cl2NO2S. The maximum atomic E-state index is 11.8. The molecule has 2 aromatic carbocycles. The molecule has 2 aromatic rings. The van der Waals surface area contributed by atoms with Crippen LogP contribution in [0.5, 0.6) is 0 Å². The van der Waals surface area contributed by atoms with E-state index in [1.54, 1.807) is 18.2 Å². The molecular weight excluding hydrogens is 281 g/mol. The van der Waals surface area contributed by atoms with Gasteiger partial charge in [0, 0.05) is 15.8 Å². The van der Waals surface area contributed by atoms with E-state index in [1.807, 2.05) is 6.07 Å². The molecule has 0 spiro atoms. The lowest BCUT2D eigenvalue weighted by atomic mass is 10.1. The summed E-state index contributed by atoms with van der Waals surface area (Å²) in [5.41, 5.74) is 0. The van der Waals surface area contributed by atoms with Crippen molar-refractivity contribution in [3.05, 3.63) is 40.4 Å². The van der Waals surface area contributed by atoms with Gasteiger partial charge in [-0.2, -0.15) is 0 Å². The van der Waals surface area contributed by atoms with E-state index in [4.69, 9.17) is 23.2 Å². The summed E-state index contributed by atoms with van der Waals surface area (Å²) in [6.45, 7) is 0. The average Bonchev–Trinajstić information content (AvgIpc) is 2.33. The first kappa shape index (κ1) is 12.6. The molecule has 3 nitrogen and oxygen atoms in total. The van der Waals surface area contributed by atoms with E-state index in [9.17, 15) is 8.42 Å². The van der Waals surface area contributed by atoms with Crippen LogP contribution in [0.2, 0.25) is 10.0 Å². The highest BCUT2D eigenvalue weighted by atomic mass is 35.5. The third-order valence-corrected chi connectivity index (χ3v) is 4.72. The van der Waals surface area contributed by atoms with E-state index >= 15 is 0 Å². The first-order chi connectivity index (χ1) is 7.97. The second kappa shape index (κ2) is 4.46. The zero-order valence-electron chi connectivity index (χ0n) is 8.87. The Labute approximate surface area is 109 Å². The van der Waals surface area contributed by atoms with Crippen molar-refractivity contribution in [1.82, 2.24) is 4.72 Å². The fourth-order valence-corrected chi connectivity index (χ4v) is 3.28. The number of hydrogen-bond acceptors (Lipinski definition) is 2. The first-order valence-corrected chi connectivity index (χ1v) is 7.01. The van der Waals surface area contributed by atoms with Gasteiger partial charge < -0.3 is 0 Å². The van der Waals surface area contributed by atoms with E-state index in [1.165, 1.54) is 13.1 Å². The molecule has 0 aromatic heterocycles. The first-order valence-electron chi connectivity index (χ1n) is 4.77. The lowest BCUT2D eigenvalue weighted by Crippen LogP contribution is -2.19. The van der Waals surface area contributed by atoms with Crippen LogP contribution in [-0.2, 0) is 10.0 Å². The van der Waals surface area contributed by atoms with Gasteiger partial charge in [0.15, 0.2) is 0 Å². The number of halogens is 2. The third-order valence-electron chi connectivity index (χ3n) is 2.45. The summed E-state index contributed by atoms with van der Waals surface area (Å²) in [6, 6.07) is 8.48. The molecule has 0 bridgehead atoms. The van der Waals surface area contributed by atoms with Crippen molar-refractivity contribution >= 4 is 44.0 Å². The van der Waals surface area contributed by atoms with Gasteiger partial charge in [-0.05, 0) is 13.1 Å². The number of hydrogen-bond donors (Lipinski definition) is 1. The molecule has 0 radical (unpaired) electrons. The smallest absolute Gasteiger partial charge is 0.214 e. The van der Waals surface area contributed by atoms with Crippen LogP contribution in [0, 0.1) is 0 Å². The average molecular weight is 290 g/mol. The fourth-order valence-electron chi connectivity index (χ4n) is 1.58. The molecule has 1 N–H and O–H groups in total. The van der Waals surface area contributed by atoms with Crippen LogP contribution in [0.1, 0.15) is 0 Å². The molecule has 0 amide bonds. The van der Waals surface area contributed by atoms with Crippen LogP contribution in [-0.4, -0.2) is 15.5 Å². The minimum absolute atomic E-state index is 0.00892. The number of nitrogens with one attached hydrogen (secondary N) is 1. The van der Waals surface area contributed by atoms with Crippen molar-refractivity contribution in [1.29, 1.82) is 0 Å². The molecule has 0 saturated carbocycles. The Morgan fingerprint density at radius 1 is 1.12 bits per heavy atom. The highest BCUT2D eigenvalue weighted by molar-refractivity contribution is 7.89. The van der Waals surface area contributed by atoms with Crippen molar-refractivity contribution in [2.45, 2.75) is 4.90 Å². The van der Waals surface area contributed by atoms with Gasteiger partial charge in [-0.25, -0.2) is 13.1 Å². The Bertz CT molecular complexity index is 683. The maximum absolute atomic E-state index is 11.8. The molecule has 0 unspecified atom stereocenters. The van der Waals surface area contributed by atoms with Crippen molar-refractivity contribution in [2.75, 3.05) is 7.05 Å². The highest BCUT2D eigenvalue weighted by Gasteiger charge is 2.19. The van der Waals surface area contributed by atoms with Crippen LogP contribution in [0.25, 0.3) is 10.8 Å². The van der Waals surface area contributed by atoms with Gasteiger partial charge in [0.25, 0.3) is 0 Å². The van der Waals surface area contributed by atoms with E-state index in [0.29, 0.717) is 10.4 Å². The van der Waals surface area contributed by atoms with Gasteiger partial charge in [-0.3, -0.25) is 0 Å². The summed E-state index contributed by atoms with van der Waals surface area (Å²) in [4.78, 5) is -0.00892. The van der Waals surface area contributed by atoms with Crippen LogP contribution >= 0.6 is 23.2 Å². The molecule has 17 heavy (non-hydrogen) atoms. The Balaban J connectivity index is 2.90. The van der Waals surface area contributed by atoms with Crippen LogP contribution in [0.15, 0.2) is 35.2 Å². The topological polar surface area (TPSA) is 46.2 Å². The Morgan fingerprint density at radius 3 is 2.29 bits per heavy atom. The minimum Gasteiger partial charge on any atom is -0.214 e. The van der Waals surface area contributed by atoms with Gasteiger partial charge in [0.05, 0.1) is 5.02 Å². The van der Waals surface area contributed by atoms with Crippen LogP contribution in [0.3, 0.4) is 0 Å². The normalized spacial score (nSPS) is 11.9. The molecule has 0 aliphatic heterocycles. The van der Waals surface area contributed by atoms with Crippen LogP contribution in [0.4, 0.5) is 0 Å². The molecule has 0 aliphatic carbocycles. The summed E-state index contributed by atoms with van der Waals surface area (Å²) >= 11 is 12.1. The SMILES string of the molecule is CNS(=O)(=O)c1cc(Cl)c2ccccc2c1Cl. The van der Waals surface area contributed by atoms with Crippen molar-refractivity contribution in [2.24, 2.45) is 0 Å². The van der Waals surface area contributed by atoms with Crippen molar-refractivity contribution in [3.63, 3.8) is 0 Å². The molecule has 0 aliphatic rings. The molecule has 2 rings (SSSR count). The lowest BCUT2D eigenvalue weighted by Gasteiger charge is -2.09. The number of sulfonamides is 1. The van der Waals surface area contributed by atoms with E-state index in [0.717, 1.165) is 5.39 Å². The standard InChI is InChI=1S/C11H9Cl2NO2S/c1-14-17(15,16)10-6-9(12)7-4-2-3-5-8(7)11(10)13/h2-6,14H,1H3. The van der Waals surface area contributed by atoms with Crippen molar-refractivity contribution in [3.8, 4) is 0 Å². The summed E-state index contributed by atoms with van der Waals surface area (Å²) in [5.74, 6) is 0. The van der Waals surface area contributed by atoms with Gasteiger partial charge in [0.2, 0.25) is 10.0 Å². The van der Waals surface area contributed by atoms with E-state index in [2.05, 4.69) is 4.72 Å². The molecule has 0 atom stereocenters. The van der Waals surface area contributed by atoms with Gasteiger partial charge >= 0.3 is 0 Å². The predicted octanol–water partition coefficient (Wildman–Crippen LogP) is 3.05.